The Kier molecular flexibility index (Phi) is 21.9. The molecule has 0 bridgehead atoms. The standard InChI is InChI=1S/C9H19ClO.C2H6/c1-2-3-5-8-11-9-6-4-7-10;1-2/h2-9H2,1H3;1-2H3. The molecule has 0 aromatic heterocycles. The van der Waals surface area contributed by atoms with E-state index >= 15 is 0 Å². The van der Waals surface area contributed by atoms with Crippen LogP contribution < -0.4 is 0 Å². The van der Waals surface area contributed by atoms with Gasteiger partial charge in [0.15, 0.2) is 0 Å². The van der Waals surface area contributed by atoms with E-state index in [-0.39, 0.29) is 0 Å². The Hall–Kier alpha value is 0.250. The third kappa shape index (κ3) is 18.9. The molecule has 0 atom stereocenters. The van der Waals surface area contributed by atoms with Gasteiger partial charge in [-0.3, -0.25) is 0 Å². The van der Waals surface area contributed by atoms with Crippen LogP contribution in [0.4, 0.5) is 0 Å². The molecule has 0 saturated carbocycles. The zero-order valence-corrected chi connectivity index (χ0v) is 10.2. The lowest BCUT2D eigenvalue weighted by Crippen LogP contribution is -1.96. The summed E-state index contributed by atoms with van der Waals surface area (Å²) in [6.07, 6.45) is 5.95. The summed E-state index contributed by atoms with van der Waals surface area (Å²) < 4.78 is 5.38. The van der Waals surface area contributed by atoms with Gasteiger partial charge in [0.05, 0.1) is 0 Å². The van der Waals surface area contributed by atoms with Crippen molar-refractivity contribution < 1.29 is 4.74 Å². The van der Waals surface area contributed by atoms with E-state index in [0.29, 0.717) is 0 Å². The predicted octanol–water partition coefficient (Wildman–Crippen LogP) is 4.24. The maximum Gasteiger partial charge on any atom is 0.0466 e. The smallest absolute Gasteiger partial charge is 0.0466 e. The lowest BCUT2D eigenvalue weighted by atomic mass is 10.3. The summed E-state index contributed by atoms with van der Waals surface area (Å²) in [7, 11) is 0. The third-order valence-electron chi connectivity index (χ3n) is 1.56. The van der Waals surface area contributed by atoms with Crippen molar-refractivity contribution in [3.05, 3.63) is 0 Å². The first-order chi connectivity index (χ1) is 6.41. The molecule has 0 spiro atoms. The van der Waals surface area contributed by atoms with Crippen LogP contribution in [0.5, 0.6) is 0 Å². The Balaban J connectivity index is 0. The topological polar surface area (TPSA) is 9.23 Å². The molecule has 0 aliphatic heterocycles. The monoisotopic (exact) mass is 208 g/mol. The van der Waals surface area contributed by atoms with Gasteiger partial charge < -0.3 is 4.74 Å². The Bertz CT molecular complexity index is 59.1. The number of unbranched alkanes of at least 4 members (excludes halogenated alkanes) is 3. The van der Waals surface area contributed by atoms with E-state index in [2.05, 4.69) is 6.92 Å². The Morgan fingerprint density at radius 3 is 1.92 bits per heavy atom. The molecule has 0 aliphatic carbocycles. The summed E-state index contributed by atoms with van der Waals surface area (Å²) in [5.41, 5.74) is 0. The average molecular weight is 209 g/mol. The van der Waals surface area contributed by atoms with Gasteiger partial charge in [-0.15, -0.1) is 11.6 Å². The van der Waals surface area contributed by atoms with E-state index in [0.717, 1.165) is 31.9 Å². The van der Waals surface area contributed by atoms with Crippen molar-refractivity contribution in [3.63, 3.8) is 0 Å². The summed E-state index contributed by atoms with van der Waals surface area (Å²) in [6, 6.07) is 0. The zero-order chi connectivity index (χ0) is 10.4. The minimum absolute atomic E-state index is 0.762. The highest BCUT2D eigenvalue weighted by Gasteiger charge is 1.88. The van der Waals surface area contributed by atoms with Crippen LogP contribution >= 0.6 is 11.6 Å². The average Bonchev–Trinajstić information content (AvgIpc) is 2.20. The van der Waals surface area contributed by atoms with Gasteiger partial charge in [0, 0.05) is 19.1 Å². The fraction of sp³-hybridized carbons (Fsp3) is 1.00. The quantitative estimate of drug-likeness (QED) is 0.428. The fourth-order valence-corrected chi connectivity index (χ4v) is 1.04. The summed E-state index contributed by atoms with van der Waals surface area (Å²) >= 11 is 5.51. The van der Waals surface area contributed by atoms with Crippen LogP contribution in [0.2, 0.25) is 0 Å². The van der Waals surface area contributed by atoms with E-state index < -0.39 is 0 Å². The number of alkyl halides is 1. The zero-order valence-electron chi connectivity index (χ0n) is 9.44. The van der Waals surface area contributed by atoms with Gasteiger partial charge in [0.1, 0.15) is 0 Å². The largest absolute Gasteiger partial charge is 0.381 e. The number of ether oxygens (including phenoxy) is 1. The first-order valence-electron chi connectivity index (χ1n) is 5.55. The number of rotatable bonds is 8. The molecular formula is C11H25ClO. The molecule has 0 aromatic carbocycles. The van der Waals surface area contributed by atoms with Crippen LogP contribution in [0.1, 0.15) is 52.9 Å². The molecule has 0 saturated heterocycles. The maximum atomic E-state index is 5.51. The second-order valence-electron chi connectivity index (χ2n) is 2.72. The van der Waals surface area contributed by atoms with Crippen molar-refractivity contribution in [2.45, 2.75) is 52.9 Å². The van der Waals surface area contributed by atoms with Gasteiger partial charge in [-0.25, -0.2) is 0 Å². The minimum Gasteiger partial charge on any atom is -0.381 e. The SMILES string of the molecule is CC.CCCCCOCCCCCl. The van der Waals surface area contributed by atoms with E-state index in [1.165, 1.54) is 19.3 Å². The lowest BCUT2D eigenvalue weighted by Gasteiger charge is -2.01. The van der Waals surface area contributed by atoms with Crippen molar-refractivity contribution >= 4 is 11.6 Å². The Morgan fingerprint density at radius 2 is 1.46 bits per heavy atom. The highest BCUT2D eigenvalue weighted by atomic mass is 35.5. The molecule has 0 unspecified atom stereocenters. The van der Waals surface area contributed by atoms with E-state index in [1.807, 2.05) is 13.8 Å². The molecule has 0 radical (unpaired) electrons. The van der Waals surface area contributed by atoms with Crippen LogP contribution in [0.3, 0.4) is 0 Å². The summed E-state index contributed by atoms with van der Waals surface area (Å²) in [4.78, 5) is 0. The second kappa shape index (κ2) is 18.1. The molecule has 0 aromatic rings. The summed E-state index contributed by atoms with van der Waals surface area (Å²) in [5.74, 6) is 0.762. The normalized spacial score (nSPS) is 9.23. The van der Waals surface area contributed by atoms with E-state index in [9.17, 15) is 0 Å². The predicted molar refractivity (Wildman–Crippen MR) is 61.6 cm³/mol. The Labute approximate surface area is 88.8 Å². The molecule has 13 heavy (non-hydrogen) atoms. The molecule has 2 heteroatoms. The maximum absolute atomic E-state index is 5.51. The molecule has 82 valence electrons. The van der Waals surface area contributed by atoms with Crippen LogP contribution in [0.25, 0.3) is 0 Å². The van der Waals surface area contributed by atoms with Gasteiger partial charge in [0.25, 0.3) is 0 Å². The molecule has 0 N–H and O–H groups in total. The summed E-state index contributed by atoms with van der Waals surface area (Å²) in [6.45, 7) is 8.01. The van der Waals surface area contributed by atoms with E-state index in [4.69, 9.17) is 16.3 Å². The lowest BCUT2D eigenvalue weighted by molar-refractivity contribution is 0.127. The molecule has 0 amide bonds. The van der Waals surface area contributed by atoms with Crippen molar-refractivity contribution in [3.8, 4) is 0 Å². The molecule has 0 aliphatic rings. The third-order valence-corrected chi connectivity index (χ3v) is 1.83. The van der Waals surface area contributed by atoms with Crippen molar-refractivity contribution in [2.75, 3.05) is 19.1 Å². The van der Waals surface area contributed by atoms with Crippen LogP contribution in [0.15, 0.2) is 0 Å². The fourth-order valence-electron chi connectivity index (χ4n) is 0.855. The van der Waals surface area contributed by atoms with Crippen LogP contribution in [0, 0.1) is 0 Å². The first-order valence-corrected chi connectivity index (χ1v) is 6.09. The van der Waals surface area contributed by atoms with Crippen molar-refractivity contribution in [1.29, 1.82) is 0 Å². The summed E-state index contributed by atoms with van der Waals surface area (Å²) in [5, 5.41) is 0. The minimum atomic E-state index is 0.762. The number of hydrogen-bond acceptors (Lipinski definition) is 1. The second-order valence-corrected chi connectivity index (χ2v) is 3.09. The first kappa shape index (κ1) is 15.7. The van der Waals surface area contributed by atoms with Crippen LogP contribution in [-0.2, 0) is 4.74 Å². The molecular weight excluding hydrogens is 184 g/mol. The van der Waals surface area contributed by atoms with Gasteiger partial charge in [-0.1, -0.05) is 33.6 Å². The van der Waals surface area contributed by atoms with Crippen LogP contribution in [-0.4, -0.2) is 19.1 Å². The number of halogens is 1. The van der Waals surface area contributed by atoms with Gasteiger partial charge >= 0.3 is 0 Å². The highest BCUT2D eigenvalue weighted by molar-refractivity contribution is 6.17. The number of hydrogen-bond donors (Lipinski definition) is 0. The Morgan fingerprint density at radius 1 is 0.923 bits per heavy atom. The van der Waals surface area contributed by atoms with Gasteiger partial charge in [0.2, 0.25) is 0 Å². The van der Waals surface area contributed by atoms with Gasteiger partial charge in [-0.05, 0) is 19.3 Å². The molecule has 0 rings (SSSR count). The molecule has 0 fully saturated rings. The van der Waals surface area contributed by atoms with Crippen molar-refractivity contribution in [2.24, 2.45) is 0 Å². The highest BCUT2D eigenvalue weighted by Crippen LogP contribution is 1.96. The van der Waals surface area contributed by atoms with Gasteiger partial charge in [-0.2, -0.15) is 0 Å². The molecule has 0 heterocycles. The van der Waals surface area contributed by atoms with E-state index in [1.54, 1.807) is 0 Å². The van der Waals surface area contributed by atoms with Crippen molar-refractivity contribution in [1.82, 2.24) is 0 Å². The molecule has 1 nitrogen and oxygen atoms in total.